The van der Waals surface area contributed by atoms with Crippen LogP contribution < -0.4 is 19.1 Å². The summed E-state index contributed by atoms with van der Waals surface area (Å²) in [5, 5.41) is 3.23. The largest absolute Gasteiger partial charge is 0.486 e. The Hall–Kier alpha value is -3.83. The van der Waals surface area contributed by atoms with Gasteiger partial charge in [-0.05, 0) is 67.4 Å². The van der Waals surface area contributed by atoms with E-state index in [1.165, 1.54) is 35.2 Å². The number of hydrogen-bond acceptors (Lipinski definition) is 6. The Balaban J connectivity index is 1.71. The quantitative estimate of drug-likeness (QED) is 0.349. The van der Waals surface area contributed by atoms with Crippen molar-refractivity contribution in [1.29, 1.82) is 0 Å². The molecule has 1 aliphatic heterocycles. The van der Waals surface area contributed by atoms with Crippen molar-refractivity contribution in [2.75, 3.05) is 30.6 Å². The van der Waals surface area contributed by atoms with Crippen LogP contribution in [0, 0.1) is 5.82 Å². The van der Waals surface area contributed by atoms with Gasteiger partial charge in [0.25, 0.3) is 10.0 Å². The molecule has 3 aromatic carbocycles. The van der Waals surface area contributed by atoms with Crippen LogP contribution >= 0.6 is 11.6 Å². The molecule has 2 amide bonds. The predicted octanol–water partition coefficient (Wildman–Crippen LogP) is 4.39. The van der Waals surface area contributed by atoms with E-state index in [0.29, 0.717) is 35.9 Å². The van der Waals surface area contributed by atoms with E-state index in [0.717, 1.165) is 16.4 Å². The lowest BCUT2D eigenvalue weighted by Gasteiger charge is -2.32. The molecule has 0 fully saturated rings. The van der Waals surface area contributed by atoms with Crippen molar-refractivity contribution in [3.05, 3.63) is 83.1 Å². The molecule has 9 nitrogen and oxygen atoms in total. The van der Waals surface area contributed by atoms with Gasteiger partial charge in [-0.2, -0.15) is 0 Å². The summed E-state index contributed by atoms with van der Waals surface area (Å²) in [5.41, 5.74) is 0.726. The fourth-order valence-electron chi connectivity index (χ4n) is 4.26. The van der Waals surface area contributed by atoms with Gasteiger partial charge in [0.2, 0.25) is 11.8 Å². The summed E-state index contributed by atoms with van der Waals surface area (Å²) in [5.74, 6) is -0.939. The number of rotatable bonds is 11. The first-order valence-electron chi connectivity index (χ1n) is 13.1. The van der Waals surface area contributed by atoms with Gasteiger partial charge < -0.3 is 19.7 Å². The van der Waals surface area contributed by atoms with Crippen molar-refractivity contribution in [2.24, 2.45) is 0 Å². The summed E-state index contributed by atoms with van der Waals surface area (Å²) < 4.78 is 53.7. The third kappa shape index (κ3) is 7.28. The SMILES string of the molecule is CCCNC(=O)C(C)N(Cc1cccc(Cl)c1)C(=O)CN(c1ccc(F)cc1)S(=O)(=O)c1ccc2c(c1)OCCO2. The number of benzene rings is 3. The van der Waals surface area contributed by atoms with E-state index in [1.54, 1.807) is 31.2 Å². The molecule has 41 heavy (non-hydrogen) atoms. The average Bonchev–Trinajstić information content (AvgIpc) is 2.97. The Morgan fingerprint density at radius 1 is 1.02 bits per heavy atom. The number of fused-ring (bicyclic) bond motifs is 1. The summed E-state index contributed by atoms with van der Waals surface area (Å²) >= 11 is 6.15. The minimum absolute atomic E-state index is 0.00142. The molecule has 0 radical (unpaired) electrons. The molecule has 1 N–H and O–H groups in total. The molecular formula is C29H31ClFN3O6S. The number of hydrogen-bond donors (Lipinski definition) is 1. The zero-order valence-corrected chi connectivity index (χ0v) is 24.3. The molecule has 1 aliphatic rings. The predicted molar refractivity (Wildman–Crippen MR) is 153 cm³/mol. The number of nitrogens with zero attached hydrogens (tertiary/aromatic N) is 2. The second-order valence-corrected chi connectivity index (χ2v) is 11.7. The van der Waals surface area contributed by atoms with Crippen LogP contribution in [0.2, 0.25) is 5.02 Å². The van der Waals surface area contributed by atoms with Crippen LogP contribution in [-0.4, -0.2) is 57.5 Å². The minimum Gasteiger partial charge on any atom is -0.486 e. The van der Waals surface area contributed by atoms with Gasteiger partial charge >= 0.3 is 0 Å². The molecule has 0 spiro atoms. The van der Waals surface area contributed by atoms with E-state index in [4.69, 9.17) is 21.1 Å². The fourth-order valence-corrected chi connectivity index (χ4v) is 5.90. The number of sulfonamides is 1. The number of nitrogens with one attached hydrogen (secondary N) is 1. The lowest BCUT2D eigenvalue weighted by atomic mass is 10.1. The van der Waals surface area contributed by atoms with Crippen molar-refractivity contribution in [3.63, 3.8) is 0 Å². The molecule has 1 atom stereocenters. The zero-order chi connectivity index (χ0) is 29.6. The smallest absolute Gasteiger partial charge is 0.264 e. The number of halogens is 2. The molecule has 0 saturated carbocycles. The van der Waals surface area contributed by atoms with Crippen LogP contribution in [0.1, 0.15) is 25.8 Å². The highest BCUT2D eigenvalue weighted by Crippen LogP contribution is 2.34. The Bertz CT molecular complexity index is 1500. The Labute approximate surface area is 243 Å². The highest BCUT2D eigenvalue weighted by atomic mass is 35.5. The van der Waals surface area contributed by atoms with Gasteiger partial charge in [-0.15, -0.1) is 0 Å². The van der Waals surface area contributed by atoms with Crippen molar-refractivity contribution >= 4 is 39.1 Å². The average molecular weight is 604 g/mol. The molecule has 218 valence electrons. The highest BCUT2D eigenvalue weighted by Gasteiger charge is 2.33. The lowest BCUT2D eigenvalue weighted by Crippen LogP contribution is -2.51. The lowest BCUT2D eigenvalue weighted by molar-refractivity contribution is -0.139. The molecule has 4 rings (SSSR count). The third-order valence-electron chi connectivity index (χ3n) is 6.45. The molecule has 3 aromatic rings. The summed E-state index contributed by atoms with van der Waals surface area (Å²) in [7, 11) is -4.36. The fraction of sp³-hybridized carbons (Fsp3) is 0.310. The van der Waals surface area contributed by atoms with E-state index in [-0.39, 0.29) is 35.4 Å². The summed E-state index contributed by atoms with van der Waals surface area (Å²) in [6, 6.07) is 14.8. The van der Waals surface area contributed by atoms with E-state index >= 15 is 0 Å². The molecule has 0 bridgehead atoms. The topological polar surface area (TPSA) is 105 Å². The first-order chi connectivity index (χ1) is 19.6. The third-order valence-corrected chi connectivity index (χ3v) is 8.46. The van der Waals surface area contributed by atoms with Gasteiger partial charge in [0.15, 0.2) is 11.5 Å². The Kier molecular flexibility index (Phi) is 9.72. The summed E-state index contributed by atoms with van der Waals surface area (Å²) in [4.78, 5) is 28.0. The maximum atomic E-state index is 14.0. The van der Waals surface area contributed by atoms with E-state index in [1.807, 2.05) is 6.92 Å². The van der Waals surface area contributed by atoms with E-state index in [2.05, 4.69) is 5.32 Å². The molecule has 0 aromatic heterocycles. The molecule has 0 aliphatic carbocycles. The highest BCUT2D eigenvalue weighted by molar-refractivity contribution is 7.92. The van der Waals surface area contributed by atoms with Crippen LogP contribution in [0.25, 0.3) is 0 Å². The Morgan fingerprint density at radius 2 is 1.73 bits per heavy atom. The van der Waals surface area contributed by atoms with Crippen molar-refractivity contribution in [1.82, 2.24) is 10.2 Å². The van der Waals surface area contributed by atoms with Crippen LogP contribution in [0.3, 0.4) is 0 Å². The second kappa shape index (κ2) is 13.2. The second-order valence-electron chi connectivity index (χ2n) is 9.41. The maximum absolute atomic E-state index is 14.0. The monoisotopic (exact) mass is 603 g/mol. The molecule has 0 saturated heterocycles. The van der Waals surface area contributed by atoms with Gasteiger partial charge in [-0.1, -0.05) is 30.7 Å². The number of carbonyl (C=O) groups excluding carboxylic acids is 2. The first kappa shape index (κ1) is 30.1. The van der Waals surface area contributed by atoms with Gasteiger partial charge in [0, 0.05) is 24.2 Å². The number of anilines is 1. The van der Waals surface area contributed by atoms with Crippen molar-refractivity contribution < 1.29 is 31.9 Å². The van der Waals surface area contributed by atoms with Crippen molar-refractivity contribution in [3.8, 4) is 11.5 Å². The number of ether oxygens (including phenoxy) is 2. The van der Waals surface area contributed by atoms with Crippen LogP contribution in [-0.2, 0) is 26.2 Å². The maximum Gasteiger partial charge on any atom is 0.264 e. The molecule has 12 heteroatoms. The van der Waals surface area contributed by atoms with E-state index in [9.17, 15) is 22.4 Å². The Morgan fingerprint density at radius 3 is 2.41 bits per heavy atom. The van der Waals surface area contributed by atoms with Gasteiger partial charge in [-0.25, -0.2) is 12.8 Å². The van der Waals surface area contributed by atoms with Gasteiger partial charge in [0.05, 0.1) is 10.6 Å². The summed E-state index contributed by atoms with van der Waals surface area (Å²) in [6.45, 7) is 3.83. The first-order valence-corrected chi connectivity index (χ1v) is 14.9. The standard InChI is InChI=1S/C29H31ClFN3O6S/c1-3-13-32-29(36)20(2)33(18-21-5-4-6-22(30)16-21)28(35)19-34(24-9-7-23(31)8-10-24)41(37,38)25-11-12-26-27(17-25)40-15-14-39-26/h4-12,16-17,20H,3,13-15,18-19H2,1-2H3,(H,32,36). The van der Waals surface area contributed by atoms with Crippen LogP contribution in [0.5, 0.6) is 11.5 Å². The number of amides is 2. The molecule has 1 unspecified atom stereocenters. The number of carbonyl (C=O) groups is 2. The van der Waals surface area contributed by atoms with E-state index < -0.39 is 34.3 Å². The zero-order valence-electron chi connectivity index (χ0n) is 22.7. The normalized spacial score (nSPS) is 13.3. The molecule has 1 heterocycles. The van der Waals surface area contributed by atoms with Crippen molar-refractivity contribution in [2.45, 2.75) is 37.8 Å². The molecular weight excluding hydrogens is 573 g/mol. The summed E-state index contributed by atoms with van der Waals surface area (Å²) in [6.07, 6.45) is 0.701. The minimum atomic E-state index is -4.36. The van der Waals surface area contributed by atoms with Gasteiger partial charge in [0.1, 0.15) is 31.6 Å². The van der Waals surface area contributed by atoms with Crippen LogP contribution in [0.15, 0.2) is 71.6 Å². The van der Waals surface area contributed by atoms with Gasteiger partial charge in [-0.3, -0.25) is 13.9 Å². The van der Waals surface area contributed by atoms with Crippen LogP contribution in [0.4, 0.5) is 10.1 Å².